The van der Waals surface area contributed by atoms with E-state index in [1.807, 2.05) is 103 Å². The van der Waals surface area contributed by atoms with Gasteiger partial charge in [-0.25, -0.2) is 12.2 Å². The Bertz CT molecular complexity index is 685. The van der Waals surface area contributed by atoms with Gasteiger partial charge in [-0.3, -0.25) is 6.08 Å². The van der Waals surface area contributed by atoms with E-state index in [4.69, 9.17) is 15.3 Å². The van der Waals surface area contributed by atoms with Crippen LogP contribution in [0.2, 0.25) is 0 Å². The minimum absolute atomic E-state index is 0. The molecule has 0 saturated heterocycles. The van der Waals surface area contributed by atoms with Gasteiger partial charge in [0.1, 0.15) is 0 Å². The zero-order valence-electron chi connectivity index (χ0n) is 22.1. The van der Waals surface area contributed by atoms with Crippen molar-refractivity contribution in [2.24, 2.45) is 0 Å². The maximum absolute atomic E-state index is 8.54. The molecule has 1 aliphatic carbocycles. The number of allylic oxidation sites excluding steroid dienone is 4. The Balaban J connectivity index is -0.0000000765. The minimum Gasteiger partial charge on any atom is -0.392 e. The topological polar surface area (TPSA) is 60.7 Å². The van der Waals surface area contributed by atoms with Crippen molar-refractivity contribution < 1.29 is 37.0 Å². The fourth-order valence-corrected chi connectivity index (χ4v) is 2.09. The molecule has 3 aromatic rings. The standard InChI is InChI=1S/3C7H8O.C5H5.5CH3.Ti/c3*8-6-7-4-2-1-3-5-7;1-2-4-5-3-1;;;;;;/h3*1-5,8H,6H2;1-3H,4H2;5*1H3;/q;;;6*-1;. The molecule has 0 spiro atoms. The number of aliphatic hydroxyl groups is 3. The molecule has 0 heterocycles. The molecule has 0 saturated carbocycles. The van der Waals surface area contributed by atoms with Crippen LogP contribution in [0.3, 0.4) is 0 Å². The van der Waals surface area contributed by atoms with Crippen molar-refractivity contribution in [2.75, 3.05) is 0 Å². The summed E-state index contributed by atoms with van der Waals surface area (Å²) in [7, 11) is 0. The molecular weight excluding hydrogens is 468 g/mol. The number of rotatable bonds is 3. The summed E-state index contributed by atoms with van der Waals surface area (Å²) < 4.78 is 0. The average molecular weight is 513 g/mol. The van der Waals surface area contributed by atoms with Crippen molar-refractivity contribution in [1.82, 2.24) is 0 Å². The maximum atomic E-state index is 8.54. The predicted molar refractivity (Wildman–Crippen MR) is 151 cm³/mol. The van der Waals surface area contributed by atoms with E-state index in [1.54, 1.807) is 0 Å². The summed E-state index contributed by atoms with van der Waals surface area (Å²) in [5.41, 5.74) is 2.90. The molecule has 0 radical (unpaired) electrons. The summed E-state index contributed by atoms with van der Waals surface area (Å²) in [5, 5.41) is 25.6. The molecule has 4 rings (SSSR count). The van der Waals surface area contributed by atoms with Crippen molar-refractivity contribution in [3.63, 3.8) is 0 Å². The quantitative estimate of drug-likeness (QED) is 0.259. The van der Waals surface area contributed by atoms with E-state index < -0.39 is 0 Å². The van der Waals surface area contributed by atoms with Gasteiger partial charge in [-0.15, -0.1) is 6.42 Å². The summed E-state index contributed by atoms with van der Waals surface area (Å²) in [6.07, 6.45) is 10.0. The van der Waals surface area contributed by atoms with Crippen LogP contribution in [0.4, 0.5) is 0 Å². The Kier molecular flexibility index (Phi) is 44.7. The third-order valence-electron chi connectivity index (χ3n) is 3.66. The summed E-state index contributed by atoms with van der Waals surface area (Å²) in [4.78, 5) is 0. The van der Waals surface area contributed by atoms with Crippen molar-refractivity contribution in [3.8, 4) is 0 Å². The van der Waals surface area contributed by atoms with Crippen LogP contribution < -0.4 is 0 Å². The van der Waals surface area contributed by atoms with E-state index in [2.05, 4.69) is 12.2 Å². The number of hydrogen-bond donors (Lipinski definition) is 3. The Labute approximate surface area is 231 Å². The molecule has 0 atom stereocenters. The van der Waals surface area contributed by atoms with Crippen LogP contribution in [0.25, 0.3) is 0 Å². The third-order valence-corrected chi connectivity index (χ3v) is 3.66. The number of benzene rings is 3. The van der Waals surface area contributed by atoms with Crippen LogP contribution in [0.5, 0.6) is 0 Å². The Hall–Kier alpha value is -2.27. The molecule has 3 N–H and O–H groups in total. The monoisotopic (exact) mass is 512 g/mol. The zero-order chi connectivity index (χ0) is 21.0. The van der Waals surface area contributed by atoms with Gasteiger partial charge in [-0.05, 0) is 16.7 Å². The van der Waals surface area contributed by atoms with E-state index in [0.717, 1.165) is 23.1 Å². The second kappa shape index (κ2) is 33.9. The van der Waals surface area contributed by atoms with Crippen LogP contribution in [0.1, 0.15) is 23.1 Å². The Morgan fingerprint density at radius 2 is 0.800 bits per heavy atom. The normalized spacial score (nSPS) is 8.77. The minimum atomic E-state index is 0. The first-order chi connectivity index (χ1) is 14.3. The molecule has 3 nitrogen and oxygen atoms in total. The van der Waals surface area contributed by atoms with Gasteiger partial charge in [-0.2, -0.15) is 6.08 Å². The van der Waals surface area contributed by atoms with Crippen LogP contribution in [0.15, 0.2) is 109 Å². The van der Waals surface area contributed by atoms with Gasteiger partial charge in [-0.1, -0.05) is 91.0 Å². The third kappa shape index (κ3) is 26.2. The molecule has 0 fully saturated rings. The van der Waals surface area contributed by atoms with Crippen molar-refractivity contribution in [2.45, 2.75) is 26.2 Å². The Morgan fingerprint density at radius 1 is 0.514 bits per heavy atom. The molecule has 196 valence electrons. The fourth-order valence-electron chi connectivity index (χ4n) is 2.09. The van der Waals surface area contributed by atoms with Gasteiger partial charge in [0, 0.05) is 21.7 Å². The first-order valence-corrected chi connectivity index (χ1v) is 9.46. The van der Waals surface area contributed by atoms with Gasteiger partial charge in [0.15, 0.2) is 0 Å². The molecule has 0 amide bonds. The second-order valence-corrected chi connectivity index (χ2v) is 5.93. The van der Waals surface area contributed by atoms with E-state index in [1.165, 1.54) is 0 Å². The predicted octanol–water partition coefficient (Wildman–Crippen LogP) is 7.09. The number of aliphatic hydroxyl groups excluding tert-OH is 3. The van der Waals surface area contributed by atoms with Crippen LogP contribution in [-0.2, 0) is 41.5 Å². The van der Waals surface area contributed by atoms with E-state index in [9.17, 15) is 0 Å². The molecule has 0 aliphatic heterocycles. The van der Waals surface area contributed by atoms with Crippen molar-refractivity contribution in [1.29, 1.82) is 0 Å². The maximum Gasteiger partial charge on any atom is 0.0681 e. The first kappa shape index (κ1) is 46.1. The van der Waals surface area contributed by atoms with Gasteiger partial charge in [0.25, 0.3) is 0 Å². The SMILES string of the molecule is OCc1ccccc1.OCc1ccccc1.OCc1ccccc1.[C-]1=CC=CC1.[CH3-].[CH3-].[CH3-].[CH3-].[CH3-].[Ti]. The van der Waals surface area contributed by atoms with Gasteiger partial charge < -0.3 is 52.5 Å². The van der Waals surface area contributed by atoms with E-state index >= 15 is 0 Å². The molecule has 0 aromatic heterocycles. The van der Waals surface area contributed by atoms with Crippen LogP contribution in [0, 0.1) is 43.2 Å². The van der Waals surface area contributed by atoms with Gasteiger partial charge >= 0.3 is 0 Å². The van der Waals surface area contributed by atoms with E-state index in [-0.39, 0.29) is 78.7 Å². The van der Waals surface area contributed by atoms with E-state index in [0.29, 0.717) is 0 Å². The average Bonchev–Trinajstić information content (AvgIpc) is 3.42. The molecule has 3 aromatic carbocycles. The van der Waals surface area contributed by atoms with Crippen LogP contribution in [-0.4, -0.2) is 15.3 Å². The zero-order valence-corrected chi connectivity index (χ0v) is 23.6. The van der Waals surface area contributed by atoms with Gasteiger partial charge in [0.05, 0.1) is 19.8 Å². The second-order valence-electron chi connectivity index (χ2n) is 5.93. The largest absolute Gasteiger partial charge is 0.392 e. The summed E-state index contributed by atoms with van der Waals surface area (Å²) in [5.74, 6) is 0. The van der Waals surface area contributed by atoms with Crippen molar-refractivity contribution >= 4 is 0 Å². The van der Waals surface area contributed by atoms with Gasteiger partial charge in [0.2, 0.25) is 0 Å². The first-order valence-electron chi connectivity index (χ1n) is 9.46. The summed E-state index contributed by atoms with van der Waals surface area (Å²) in [6, 6.07) is 28.6. The molecule has 0 unspecified atom stereocenters. The molecular formula is C31H44O3Ti-6. The smallest absolute Gasteiger partial charge is 0.0681 e. The summed E-state index contributed by atoms with van der Waals surface area (Å²) >= 11 is 0. The fraction of sp³-hybridized carbons (Fsp3) is 0.129. The van der Waals surface area contributed by atoms with Crippen molar-refractivity contribution in [3.05, 3.63) is 169 Å². The molecule has 1 aliphatic rings. The Morgan fingerprint density at radius 3 is 0.914 bits per heavy atom. The molecule has 35 heavy (non-hydrogen) atoms. The molecule has 4 heteroatoms. The van der Waals surface area contributed by atoms with Crippen LogP contribution >= 0.6 is 0 Å². The summed E-state index contributed by atoms with van der Waals surface area (Å²) in [6.45, 7) is 0.419. The molecule has 0 bridgehead atoms. The number of hydrogen-bond acceptors (Lipinski definition) is 3.